The van der Waals surface area contributed by atoms with Crippen LogP contribution in [-0.2, 0) is 0 Å². The lowest BCUT2D eigenvalue weighted by molar-refractivity contribution is 0.402. The molecule has 0 saturated carbocycles. The Morgan fingerprint density at radius 2 is 2.15 bits per heavy atom. The summed E-state index contributed by atoms with van der Waals surface area (Å²) in [5.41, 5.74) is 2.13. The molecule has 1 heterocycles. The molecule has 0 bridgehead atoms. The fourth-order valence-corrected chi connectivity index (χ4v) is 1.28. The lowest BCUT2D eigenvalue weighted by Gasteiger charge is -2.13. The number of aromatic nitrogens is 1. The average Bonchev–Trinajstić information content (AvgIpc) is 2.16. The monoisotopic (exact) mass is 179 g/mol. The summed E-state index contributed by atoms with van der Waals surface area (Å²) in [5, 5.41) is 0. The van der Waals surface area contributed by atoms with E-state index in [2.05, 4.69) is 18.8 Å². The Labute approximate surface area is 80.0 Å². The van der Waals surface area contributed by atoms with E-state index in [1.807, 2.05) is 19.1 Å². The van der Waals surface area contributed by atoms with Crippen LogP contribution in [0, 0.1) is 6.92 Å². The van der Waals surface area contributed by atoms with Crippen LogP contribution in [-0.4, -0.2) is 12.1 Å². The Hall–Kier alpha value is -1.05. The highest BCUT2D eigenvalue weighted by Gasteiger charge is 2.10. The van der Waals surface area contributed by atoms with Crippen LogP contribution < -0.4 is 4.74 Å². The van der Waals surface area contributed by atoms with Crippen molar-refractivity contribution in [3.05, 3.63) is 23.5 Å². The van der Waals surface area contributed by atoms with Crippen molar-refractivity contribution in [3.8, 4) is 5.75 Å². The number of rotatable bonds is 3. The molecular formula is C11H17NO. The highest BCUT2D eigenvalue weighted by molar-refractivity contribution is 5.31. The molecule has 72 valence electrons. The van der Waals surface area contributed by atoms with Gasteiger partial charge in [-0.1, -0.05) is 13.8 Å². The maximum atomic E-state index is 5.26. The zero-order valence-electron chi connectivity index (χ0n) is 8.79. The molecule has 1 atom stereocenters. The first-order chi connectivity index (χ1) is 6.19. The van der Waals surface area contributed by atoms with Crippen LogP contribution in [0.15, 0.2) is 12.1 Å². The van der Waals surface area contributed by atoms with Gasteiger partial charge in [0.05, 0.1) is 12.8 Å². The van der Waals surface area contributed by atoms with Crippen LogP contribution in [0.1, 0.15) is 37.6 Å². The number of methoxy groups -OCH3 is 1. The summed E-state index contributed by atoms with van der Waals surface area (Å²) in [4.78, 5) is 4.49. The minimum absolute atomic E-state index is 0.467. The van der Waals surface area contributed by atoms with Crippen LogP contribution in [0.2, 0.25) is 0 Å². The van der Waals surface area contributed by atoms with E-state index in [9.17, 15) is 0 Å². The number of ether oxygens (including phenoxy) is 1. The molecule has 1 aromatic heterocycles. The molecule has 0 fully saturated rings. The number of aryl methyl sites for hydroxylation is 1. The summed E-state index contributed by atoms with van der Waals surface area (Å²) >= 11 is 0. The predicted molar refractivity (Wildman–Crippen MR) is 54.2 cm³/mol. The lowest BCUT2D eigenvalue weighted by Crippen LogP contribution is -2.01. The molecule has 2 nitrogen and oxygen atoms in total. The summed E-state index contributed by atoms with van der Waals surface area (Å²) in [7, 11) is 1.69. The van der Waals surface area contributed by atoms with Crippen molar-refractivity contribution in [2.75, 3.05) is 7.11 Å². The summed E-state index contributed by atoms with van der Waals surface area (Å²) in [6.45, 7) is 6.34. The lowest BCUT2D eigenvalue weighted by atomic mass is 10.0. The second-order valence-corrected chi connectivity index (χ2v) is 3.35. The van der Waals surface area contributed by atoms with Crippen molar-refractivity contribution in [3.63, 3.8) is 0 Å². The van der Waals surface area contributed by atoms with Gasteiger partial charge in [-0.25, -0.2) is 0 Å². The first-order valence-corrected chi connectivity index (χ1v) is 4.70. The summed E-state index contributed by atoms with van der Waals surface area (Å²) < 4.78 is 5.26. The van der Waals surface area contributed by atoms with Crippen molar-refractivity contribution in [1.82, 2.24) is 4.98 Å². The van der Waals surface area contributed by atoms with Gasteiger partial charge in [-0.15, -0.1) is 0 Å². The summed E-state index contributed by atoms with van der Waals surface area (Å²) in [5.74, 6) is 1.37. The third-order valence-electron chi connectivity index (χ3n) is 2.32. The van der Waals surface area contributed by atoms with Crippen molar-refractivity contribution in [1.29, 1.82) is 0 Å². The molecule has 0 N–H and O–H groups in total. The molecule has 0 saturated heterocycles. The molecule has 0 aliphatic heterocycles. The molecule has 2 heteroatoms. The van der Waals surface area contributed by atoms with E-state index < -0.39 is 0 Å². The molecule has 13 heavy (non-hydrogen) atoms. The molecule has 1 unspecified atom stereocenters. The van der Waals surface area contributed by atoms with E-state index in [1.165, 1.54) is 0 Å². The standard InChI is InChI=1S/C11H17NO/c1-5-8(2)11-10(13-4)7-6-9(3)12-11/h6-8H,5H2,1-4H3. The zero-order valence-corrected chi connectivity index (χ0v) is 8.79. The van der Waals surface area contributed by atoms with E-state index in [0.29, 0.717) is 5.92 Å². The average molecular weight is 179 g/mol. The first kappa shape index (κ1) is 10.0. The van der Waals surface area contributed by atoms with Gasteiger partial charge in [0.2, 0.25) is 0 Å². The van der Waals surface area contributed by atoms with Crippen LogP contribution in [0.4, 0.5) is 0 Å². The second-order valence-electron chi connectivity index (χ2n) is 3.35. The number of nitrogens with zero attached hydrogens (tertiary/aromatic N) is 1. The van der Waals surface area contributed by atoms with Crippen molar-refractivity contribution >= 4 is 0 Å². The Balaban J connectivity index is 3.07. The van der Waals surface area contributed by atoms with Gasteiger partial charge in [-0.2, -0.15) is 0 Å². The van der Waals surface area contributed by atoms with Crippen molar-refractivity contribution in [2.24, 2.45) is 0 Å². The predicted octanol–water partition coefficient (Wildman–Crippen LogP) is 2.91. The maximum absolute atomic E-state index is 5.26. The molecule has 0 amide bonds. The number of pyridine rings is 1. The van der Waals surface area contributed by atoms with Gasteiger partial charge in [-0.05, 0) is 25.5 Å². The van der Waals surface area contributed by atoms with Gasteiger partial charge < -0.3 is 4.74 Å². The van der Waals surface area contributed by atoms with E-state index in [4.69, 9.17) is 4.74 Å². The molecule has 1 rings (SSSR count). The van der Waals surface area contributed by atoms with Crippen molar-refractivity contribution < 1.29 is 4.74 Å². The topological polar surface area (TPSA) is 22.1 Å². The third-order valence-corrected chi connectivity index (χ3v) is 2.32. The molecule has 0 spiro atoms. The van der Waals surface area contributed by atoms with Crippen LogP contribution in [0.25, 0.3) is 0 Å². The smallest absolute Gasteiger partial charge is 0.140 e. The normalized spacial score (nSPS) is 12.6. The van der Waals surface area contributed by atoms with E-state index in [1.54, 1.807) is 7.11 Å². The Bertz CT molecular complexity index is 283. The molecule has 1 aromatic rings. The Morgan fingerprint density at radius 1 is 1.46 bits per heavy atom. The van der Waals surface area contributed by atoms with Gasteiger partial charge in [-0.3, -0.25) is 4.98 Å². The van der Waals surface area contributed by atoms with Crippen LogP contribution in [0.5, 0.6) is 5.75 Å². The molecular weight excluding hydrogens is 162 g/mol. The quantitative estimate of drug-likeness (QED) is 0.711. The van der Waals surface area contributed by atoms with Crippen molar-refractivity contribution in [2.45, 2.75) is 33.1 Å². The largest absolute Gasteiger partial charge is 0.495 e. The van der Waals surface area contributed by atoms with Crippen LogP contribution >= 0.6 is 0 Å². The fraction of sp³-hybridized carbons (Fsp3) is 0.545. The summed E-state index contributed by atoms with van der Waals surface area (Å²) in [6.07, 6.45) is 1.09. The van der Waals surface area contributed by atoms with Gasteiger partial charge >= 0.3 is 0 Å². The van der Waals surface area contributed by atoms with Gasteiger partial charge in [0.1, 0.15) is 5.75 Å². The number of hydrogen-bond acceptors (Lipinski definition) is 2. The Kier molecular flexibility index (Phi) is 3.29. The van der Waals surface area contributed by atoms with Gasteiger partial charge in [0.15, 0.2) is 0 Å². The highest BCUT2D eigenvalue weighted by Crippen LogP contribution is 2.26. The number of hydrogen-bond donors (Lipinski definition) is 0. The molecule has 0 radical (unpaired) electrons. The SMILES string of the molecule is CCC(C)c1nc(C)ccc1OC. The maximum Gasteiger partial charge on any atom is 0.140 e. The van der Waals surface area contributed by atoms with Crippen LogP contribution in [0.3, 0.4) is 0 Å². The zero-order chi connectivity index (χ0) is 9.84. The van der Waals surface area contributed by atoms with E-state index in [0.717, 1.165) is 23.6 Å². The van der Waals surface area contributed by atoms with Gasteiger partial charge in [0.25, 0.3) is 0 Å². The second kappa shape index (κ2) is 4.26. The minimum atomic E-state index is 0.467. The Morgan fingerprint density at radius 3 is 2.69 bits per heavy atom. The summed E-state index contributed by atoms with van der Waals surface area (Å²) in [6, 6.07) is 3.97. The highest BCUT2D eigenvalue weighted by atomic mass is 16.5. The van der Waals surface area contributed by atoms with Gasteiger partial charge in [0, 0.05) is 11.6 Å². The molecule has 0 aromatic carbocycles. The van der Waals surface area contributed by atoms with E-state index in [-0.39, 0.29) is 0 Å². The first-order valence-electron chi connectivity index (χ1n) is 4.70. The molecule has 0 aliphatic rings. The fourth-order valence-electron chi connectivity index (χ4n) is 1.28. The molecule has 0 aliphatic carbocycles. The minimum Gasteiger partial charge on any atom is -0.495 e. The van der Waals surface area contributed by atoms with E-state index >= 15 is 0 Å². The third kappa shape index (κ3) is 2.20.